The molecule has 0 radical (unpaired) electrons. The largest absolute Gasteiger partial charge is 0.388 e. The van der Waals surface area contributed by atoms with Gasteiger partial charge in [-0.3, -0.25) is 14.9 Å². The number of nitrogens with one attached hydrogen (secondary N) is 1. The van der Waals surface area contributed by atoms with Gasteiger partial charge in [0.2, 0.25) is 5.91 Å². The van der Waals surface area contributed by atoms with Gasteiger partial charge in [0.25, 0.3) is 5.69 Å². The number of carbonyl (C=O) groups excluding carboxylic acids is 1. The number of amides is 1. The van der Waals surface area contributed by atoms with Crippen molar-refractivity contribution < 1.29 is 19.6 Å². The normalized spacial score (nSPS) is 17.2. The number of hydrogen-bond donors (Lipinski definition) is 3. The van der Waals surface area contributed by atoms with Gasteiger partial charge in [-0.15, -0.1) is 0 Å². The van der Waals surface area contributed by atoms with Crippen LogP contribution in [0.1, 0.15) is 23.2 Å². The van der Waals surface area contributed by atoms with E-state index in [-0.39, 0.29) is 23.5 Å². The van der Waals surface area contributed by atoms with Gasteiger partial charge < -0.3 is 20.9 Å². The summed E-state index contributed by atoms with van der Waals surface area (Å²) in [6, 6.07) is 3.84. The number of nitrogens with two attached hydrogens (primary N) is 1. The van der Waals surface area contributed by atoms with Crippen molar-refractivity contribution in [1.82, 2.24) is 0 Å². The van der Waals surface area contributed by atoms with Gasteiger partial charge in [0.15, 0.2) is 0 Å². The lowest BCUT2D eigenvalue weighted by Gasteiger charge is -2.32. The lowest BCUT2D eigenvalue weighted by molar-refractivity contribution is -0.384. The van der Waals surface area contributed by atoms with E-state index < -0.39 is 16.4 Å². The minimum atomic E-state index is -0.977. The van der Waals surface area contributed by atoms with Crippen molar-refractivity contribution in [3.8, 4) is 0 Å². The second-order valence-corrected chi connectivity index (χ2v) is 5.04. The van der Waals surface area contributed by atoms with Crippen molar-refractivity contribution in [2.45, 2.75) is 18.4 Å². The highest BCUT2D eigenvalue weighted by Crippen LogP contribution is 2.27. The minimum Gasteiger partial charge on any atom is -0.388 e. The van der Waals surface area contributed by atoms with Crippen LogP contribution in [0.3, 0.4) is 0 Å². The molecule has 114 valence electrons. The number of aliphatic hydroxyl groups is 1. The highest BCUT2D eigenvalue weighted by molar-refractivity contribution is 5.94. The fraction of sp³-hybridized carbons (Fsp3) is 0.462. The van der Waals surface area contributed by atoms with Gasteiger partial charge in [-0.2, -0.15) is 0 Å². The third-order valence-electron chi connectivity index (χ3n) is 3.51. The molecule has 8 nitrogen and oxygen atoms in total. The summed E-state index contributed by atoms with van der Waals surface area (Å²) in [5, 5.41) is 24.2. The molecule has 21 heavy (non-hydrogen) atoms. The molecule has 1 heterocycles. The predicted molar refractivity (Wildman–Crippen MR) is 75.1 cm³/mol. The fourth-order valence-electron chi connectivity index (χ4n) is 2.18. The van der Waals surface area contributed by atoms with Crippen LogP contribution in [-0.4, -0.2) is 41.3 Å². The third kappa shape index (κ3) is 3.67. The number of nitrogens with zero attached hydrogens (tertiary/aromatic N) is 1. The Kier molecular flexibility index (Phi) is 4.39. The van der Waals surface area contributed by atoms with Crippen molar-refractivity contribution in [3.05, 3.63) is 33.9 Å². The van der Waals surface area contributed by atoms with Crippen LogP contribution in [0.15, 0.2) is 18.2 Å². The first-order valence-electron chi connectivity index (χ1n) is 6.53. The number of benzene rings is 1. The Hall–Kier alpha value is -2.19. The molecule has 2 rings (SSSR count). The van der Waals surface area contributed by atoms with E-state index in [1.54, 1.807) is 0 Å². The van der Waals surface area contributed by atoms with E-state index in [0.29, 0.717) is 26.1 Å². The van der Waals surface area contributed by atoms with Crippen LogP contribution in [0, 0.1) is 10.1 Å². The summed E-state index contributed by atoms with van der Waals surface area (Å²) in [6.07, 6.45) is 0.895. The molecule has 0 unspecified atom stereocenters. The van der Waals surface area contributed by atoms with Gasteiger partial charge in [0.05, 0.1) is 10.5 Å². The molecule has 0 spiro atoms. The van der Waals surface area contributed by atoms with Crippen molar-refractivity contribution >= 4 is 17.3 Å². The molecular formula is C13H17N3O5. The maximum atomic E-state index is 11.2. The first kappa shape index (κ1) is 15.2. The zero-order valence-corrected chi connectivity index (χ0v) is 11.4. The quantitative estimate of drug-likeness (QED) is 0.540. The lowest BCUT2D eigenvalue weighted by Crippen LogP contribution is -2.42. The zero-order valence-electron chi connectivity index (χ0n) is 11.4. The molecule has 4 N–H and O–H groups in total. The van der Waals surface area contributed by atoms with Gasteiger partial charge >= 0.3 is 0 Å². The number of rotatable bonds is 5. The second-order valence-electron chi connectivity index (χ2n) is 5.04. The van der Waals surface area contributed by atoms with E-state index in [2.05, 4.69) is 5.32 Å². The van der Waals surface area contributed by atoms with E-state index in [9.17, 15) is 20.0 Å². The molecular weight excluding hydrogens is 278 g/mol. The summed E-state index contributed by atoms with van der Waals surface area (Å²) < 4.78 is 5.17. The lowest BCUT2D eigenvalue weighted by atomic mass is 9.94. The van der Waals surface area contributed by atoms with E-state index >= 15 is 0 Å². The SMILES string of the molecule is NC(=O)c1ccc([N+](=O)[O-])c(NCC2(O)CCOCC2)c1. The van der Waals surface area contributed by atoms with Crippen molar-refractivity contribution in [2.24, 2.45) is 5.73 Å². The Morgan fingerprint density at radius 1 is 1.48 bits per heavy atom. The molecule has 1 amide bonds. The molecule has 0 aromatic heterocycles. The van der Waals surface area contributed by atoms with Gasteiger partial charge in [-0.05, 0) is 12.1 Å². The Morgan fingerprint density at radius 3 is 2.71 bits per heavy atom. The minimum absolute atomic E-state index is 0.138. The number of primary amides is 1. The number of nitro groups is 1. The number of ether oxygens (including phenoxy) is 1. The molecule has 1 aromatic rings. The van der Waals surface area contributed by atoms with Crippen LogP contribution < -0.4 is 11.1 Å². The zero-order chi connectivity index (χ0) is 15.5. The smallest absolute Gasteiger partial charge is 0.292 e. The van der Waals surface area contributed by atoms with E-state index in [0.717, 1.165) is 0 Å². The van der Waals surface area contributed by atoms with Crippen LogP contribution in [0.4, 0.5) is 11.4 Å². The van der Waals surface area contributed by atoms with Crippen LogP contribution in [0.2, 0.25) is 0 Å². The molecule has 1 aromatic carbocycles. The van der Waals surface area contributed by atoms with Crippen LogP contribution in [-0.2, 0) is 4.74 Å². The third-order valence-corrected chi connectivity index (χ3v) is 3.51. The van der Waals surface area contributed by atoms with Crippen molar-refractivity contribution in [1.29, 1.82) is 0 Å². The highest BCUT2D eigenvalue weighted by Gasteiger charge is 2.30. The van der Waals surface area contributed by atoms with Crippen molar-refractivity contribution in [2.75, 3.05) is 25.1 Å². The predicted octanol–water partition coefficient (Wildman–Crippen LogP) is 0.647. The standard InChI is InChI=1S/C13H17N3O5/c14-12(17)9-1-2-11(16(19)20)10(7-9)15-8-13(18)3-5-21-6-4-13/h1-2,7,15,18H,3-6,8H2,(H2,14,17). The average Bonchev–Trinajstić information content (AvgIpc) is 2.45. The molecule has 0 saturated carbocycles. The van der Waals surface area contributed by atoms with Gasteiger partial charge in [-0.25, -0.2) is 0 Å². The summed E-state index contributed by atoms with van der Waals surface area (Å²) in [7, 11) is 0. The molecule has 1 saturated heterocycles. The topological polar surface area (TPSA) is 128 Å². The first-order valence-corrected chi connectivity index (χ1v) is 6.53. The van der Waals surface area contributed by atoms with Crippen LogP contribution in [0.25, 0.3) is 0 Å². The Labute approximate surface area is 121 Å². The maximum absolute atomic E-state index is 11.2. The number of anilines is 1. The molecule has 8 heteroatoms. The number of carbonyl (C=O) groups is 1. The summed E-state index contributed by atoms with van der Waals surface area (Å²) >= 11 is 0. The maximum Gasteiger partial charge on any atom is 0.292 e. The summed E-state index contributed by atoms with van der Waals surface area (Å²) in [6.45, 7) is 1.03. The summed E-state index contributed by atoms with van der Waals surface area (Å²) in [5.74, 6) is -0.669. The number of nitro benzene ring substituents is 1. The van der Waals surface area contributed by atoms with E-state index in [1.165, 1.54) is 18.2 Å². The van der Waals surface area contributed by atoms with Gasteiger partial charge in [0.1, 0.15) is 5.69 Å². The summed E-state index contributed by atoms with van der Waals surface area (Å²) in [4.78, 5) is 21.6. The highest BCUT2D eigenvalue weighted by atomic mass is 16.6. The first-order chi connectivity index (χ1) is 9.91. The molecule has 0 atom stereocenters. The van der Waals surface area contributed by atoms with Crippen LogP contribution in [0.5, 0.6) is 0 Å². The molecule has 1 aliphatic rings. The Bertz CT molecular complexity index is 555. The monoisotopic (exact) mass is 295 g/mol. The van der Waals surface area contributed by atoms with Crippen LogP contribution >= 0.6 is 0 Å². The van der Waals surface area contributed by atoms with Crippen molar-refractivity contribution in [3.63, 3.8) is 0 Å². The molecule has 0 aliphatic carbocycles. The Morgan fingerprint density at radius 2 is 2.14 bits per heavy atom. The fourth-order valence-corrected chi connectivity index (χ4v) is 2.18. The van der Waals surface area contributed by atoms with E-state index in [1.807, 2.05) is 0 Å². The average molecular weight is 295 g/mol. The molecule has 1 fully saturated rings. The van der Waals surface area contributed by atoms with Gasteiger partial charge in [-0.1, -0.05) is 0 Å². The molecule has 0 bridgehead atoms. The second kappa shape index (κ2) is 6.06. The van der Waals surface area contributed by atoms with Gasteiger partial charge in [0, 0.05) is 44.2 Å². The van der Waals surface area contributed by atoms with E-state index in [4.69, 9.17) is 10.5 Å². The Balaban J connectivity index is 2.18. The summed E-state index contributed by atoms with van der Waals surface area (Å²) in [5.41, 5.74) is 4.36. The number of hydrogen-bond acceptors (Lipinski definition) is 6. The molecule has 1 aliphatic heterocycles.